The van der Waals surface area contributed by atoms with Crippen LogP contribution in [-0.2, 0) is 18.3 Å². The van der Waals surface area contributed by atoms with Crippen molar-refractivity contribution >= 4 is 16.9 Å². The standard InChI is InChI=1S/C22H31N3O4/c1-24-19-12-15(5-2-14-3-6-16(13-26)7-4-14)8-9-17(19)25(22(24)29)18-10-11-20(27)23-21(18)28/h8-9,12,14,16,18,21,26,28H,2-7,10-11,13H2,1H3,(H,23,27)/t14-,16+,18?,21?. The fourth-order valence-electron chi connectivity index (χ4n) is 5.00. The maximum atomic E-state index is 12.9. The van der Waals surface area contributed by atoms with Crippen LogP contribution in [0.4, 0.5) is 0 Å². The van der Waals surface area contributed by atoms with E-state index in [0.29, 0.717) is 31.3 Å². The van der Waals surface area contributed by atoms with Gasteiger partial charge in [0.1, 0.15) is 6.23 Å². The van der Waals surface area contributed by atoms with Crippen molar-refractivity contribution < 1.29 is 15.0 Å². The molecule has 1 aromatic heterocycles. The van der Waals surface area contributed by atoms with E-state index in [9.17, 15) is 19.8 Å². The molecule has 3 N–H and O–H groups in total. The molecule has 2 unspecified atom stereocenters. The second-order valence-electron chi connectivity index (χ2n) is 8.76. The molecule has 1 amide bonds. The predicted molar refractivity (Wildman–Crippen MR) is 110 cm³/mol. The van der Waals surface area contributed by atoms with Gasteiger partial charge < -0.3 is 15.5 Å². The van der Waals surface area contributed by atoms with E-state index in [1.807, 2.05) is 6.07 Å². The van der Waals surface area contributed by atoms with Gasteiger partial charge in [0.2, 0.25) is 5.91 Å². The molecule has 1 aromatic carbocycles. The molecular formula is C22H31N3O4. The van der Waals surface area contributed by atoms with Gasteiger partial charge in [-0.25, -0.2) is 4.79 Å². The molecule has 1 saturated heterocycles. The Hall–Kier alpha value is -2.12. The van der Waals surface area contributed by atoms with E-state index in [4.69, 9.17) is 0 Å². The zero-order chi connectivity index (χ0) is 20.5. The lowest BCUT2D eigenvalue weighted by Crippen LogP contribution is -2.47. The van der Waals surface area contributed by atoms with Crippen molar-refractivity contribution in [3.63, 3.8) is 0 Å². The van der Waals surface area contributed by atoms with Gasteiger partial charge in [0, 0.05) is 20.1 Å². The van der Waals surface area contributed by atoms with Crippen molar-refractivity contribution in [2.75, 3.05) is 6.61 Å². The summed E-state index contributed by atoms with van der Waals surface area (Å²) in [5, 5.41) is 22.1. The summed E-state index contributed by atoms with van der Waals surface area (Å²) in [7, 11) is 1.76. The molecule has 0 spiro atoms. The Morgan fingerprint density at radius 1 is 1.07 bits per heavy atom. The van der Waals surface area contributed by atoms with Crippen molar-refractivity contribution in [1.82, 2.24) is 14.5 Å². The number of amides is 1. The van der Waals surface area contributed by atoms with Crippen LogP contribution in [0, 0.1) is 11.8 Å². The monoisotopic (exact) mass is 401 g/mol. The number of imidazole rings is 1. The Kier molecular flexibility index (Phi) is 5.79. The minimum Gasteiger partial charge on any atom is -0.396 e. The number of nitrogens with zero attached hydrogens (tertiary/aromatic N) is 2. The third kappa shape index (κ3) is 3.98. The van der Waals surface area contributed by atoms with Crippen molar-refractivity contribution in [1.29, 1.82) is 0 Å². The van der Waals surface area contributed by atoms with E-state index in [2.05, 4.69) is 17.4 Å². The number of hydrogen-bond donors (Lipinski definition) is 3. The van der Waals surface area contributed by atoms with Crippen LogP contribution in [-0.4, -0.2) is 38.1 Å². The van der Waals surface area contributed by atoms with Gasteiger partial charge in [0.25, 0.3) is 0 Å². The molecule has 2 aromatic rings. The summed E-state index contributed by atoms with van der Waals surface area (Å²) in [6.07, 6.45) is 6.44. The Balaban J connectivity index is 1.52. The average molecular weight is 402 g/mol. The van der Waals surface area contributed by atoms with Gasteiger partial charge in [-0.3, -0.25) is 13.9 Å². The Morgan fingerprint density at radius 3 is 2.48 bits per heavy atom. The Bertz CT molecular complexity index is 939. The molecule has 2 aliphatic rings. The van der Waals surface area contributed by atoms with E-state index < -0.39 is 12.3 Å². The normalized spacial score (nSPS) is 27.9. The van der Waals surface area contributed by atoms with Crippen LogP contribution in [0.15, 0.2) is 23.0 Å². The summed E-state index contributed by atoms with van der Waals surface area (Å²) in [4.78, 5) is 24.4. The second-order valence-corrected chi connectivity index (χ2v) is 8.76. The quantitative estimate of drug-likeness (QED) is 0.712. The van der Waals surface area contributed by atoms with Gasteiger partial charge in [0.05, 0.1) is 17.1 Å². The SMILES string of the molecule is Cn1c(=O)n(C2CCC(=O)NC2O)c2ccc(CC[C@H]3CC[C@@H](CO)CC3)cc21. The number of rotatable bonds is 5. The molecule has 2 heterocycles. The lowest BCUT2D eigenvalue weighted by molar-refractivity contribution is -0.128. The number of benzene rings is 1. The highest BCUT2D eigenvalue weighted by Crippen LogP contribution is 2.32. The molecule has 2 atom stereocenters. The zero-order valence-electron chi connectivity index (χ0n) is 17.0. The molecule has 1 aliphatic heterocycles. The highest BCUT2D eigenvalue weighted by Gasteiger charge is 2.31. The molecule has 4 rings (SSSR count). The molecule has 7 heteroatoms. The van der Waals surface area contributed by atoms with E-state index in [0.717, 1.165) is 36.7 Å². The summed E-state index contributed by atoms with van der Waals surface area (Å²) in [5.74, 6) is 1.01. The van der Waals surface area contributed by atoms with Crippen LogP contribution in [0.5, 0.6) is 0 Å². The van der Waals surface area contributed by atoms with Crippen molar-refractivity contribution in [3.8, 4) is 0 Å². The summed E-state index contributed by atoms with van der Waals surface area (Å²) in [6.45, 7) is 0.313. The van der Waals surface area contributed by atoms with Crippen LogP contribution in [0.2, 0.25) is 0 Å². The first-order valence-electron chi connectivity index (χ1n) is 10.8. The molecule has 158 valence electrons. The number of fused-ring (bicyclic) bond motifs is 1. The van der Waals surface area contributed by atoms with Gasteiger partial charge in [-0.1, -0.05) is 18.9 Å². The molecule has 0 radical (unpaired) electrons. The summed E-state index contributed by atoms with van der Waals surface area (Å²) in [5.41, 5.74) is 2.71. The summed E-state index contributed by atoms with van der Waals surface area (Å²) in [6, 6.07) is 5.68. The Morgan fingerprint density at radius 2 is 1.79 bits per heavy atom. The minimum absolute atomic E-state index is 0.167. The molecular weight excluding hydrogens is 370 g/mol. The molecule has 2 fully saturated rings. The number of hydrogen-bond acceptors (Lipinski definition) is 4. The highest BCUT2D eigenvalue weighted by atomic mass is 16.3. The fourth-order valence-corrected chi connectivity index (χ4v) is 5.00. The third-order valence-corrected chi connectivity index (χ3v) is 6.89. The topological polar surface area (TPSA) is 96.5 Å². The summed E-state index contributed by atoms with van der Waals surface area (Å²) < 4.78 is 3.26. The second kappa shape index (κ2) is 8.32. The van der Waals surface area contributed by atoms with Crippen LogP contribution in [0.25, 0.3) is 11.0 Å². The van der Waals surface area contributed by atoms with Crippen molar-refractivity contribution in [2.24, 2.45) is 18.9 Å². The number of aromatic nitrogens is 2. The number of piperidine rings is 1. The zero-order valence-corrected chi connectivity index (χ0v) is 17.0. The van der Waals surface area contributed by atoms with E-state index in [1.54, 1.807) is 16.2 Å². The fraction of sp³-hybridized carbons (Fsp3) is 0.636. The summed E-state index contributed by atoms with van der Waals surface area (Å²) >= 11 is 0. The van der Waals surface area contributed by atoms with Crippen LogP contribution in [0.1, 0.15) is 56.6 Å². The highest BCUT2D eigenvalue weighted by molar-refractivity contribution is 5.79. The first-order chi connectivity index (χ1) is 14.0. The number of aliphatic hydroxyl groups is 2. The molecule has 29 heavy (non-hydrogen) atoms. The number of aliphatic hydroxyl groups excluding tert-OH is 2. The lowest BCUT2D eigenvalue weighted by atomic mass is 9.80. The predicted octanol–water partition coefficient (Wildman–Crippen LogP) is 1.84. The minimum atomic E-state index is -1.05. The largest absolute Gasteiger partial charge is 0.396 e. The number of aryl methyl sites for hydroxylation is 2. The molecule has 0 bridgehead atoms. The van der Waals surface area contributed by atoms with Gasteiger partial charge in [-0.05, 0) is 61.6 Å². The van der Waals surface area contributed by atoms with Gasteiger partial charge >= 0.3 is 5.69 Å². The van der Waals surface area contributed by atoms with Gasteiger partial charge in [0.15, 0.2) is 0 Å². The van der Waals surface area contributed by atoms with Gasteiger partial charge in [-0.2, -0.15) is 0 Å². The molecule has 7 nitrogen and oxygen atoms in total. The van der Waals surface area contributed by atoms with Crippen molar-refractivity contribution in [3.05, 3.63) is 34.2 Å². The average Bonchev–Trinajstić information content (AvgIpc) is 2.97. The van der Waals surface area contributed by atoms with E-state index in [1.165, 1.54) is 18.4 Å². The number of carbonyl (C=O) groups excluding carboxylic acids is 1. The maximum Gasteiger partial charge on any atom is 0.329 e. The molecule has 1 aliphatic carbocycles. The van der Waals surface area contributed by atoms with E-state index >= 15 is 0 Å². The van der Waals surface area contributed by atoms with E-state index in [-0.39, 0.29) is 11.6 Å². The first kappa shape index (κ1) is 20.2. The number of nitrogens with one attached hydrogen (secondary N) is 1. The van der Waals surface area contributed by atoms with Crippen LogP contribution >= 0.6 is 0 Å². The van der Waals surface area contributed by atoms with Gasteiger partial charge in [-0.15, -0.1) is 0 Å². The van der Waals surface area contributed by atoms with Crippen LogP contribution < -0.4 is 11.0 Å². The number of carbonyl (C=O) groups is 1. The Labute approximate surface area is 170 Å². The smallest absolute Gasteiger partial charge is 0.329 e. The van der Waals surface area contributed by atoms with Crippen molar-refractivity contribution in [2.45, 2.75) is 63.6 Å². The third-order valence-electron chi connectivity index (χ3n) is 6.89. The van der Waals surface area contributed by atoms with Crippen LogP contribution in [0.3, 0.4) is 0 Å². The first-order valence-corrected chi connectivity index (χ1v) is 10.8. The molecule has 1 saturated carbocycles. The lowest BCUT2D eigenvalue weighted by Gasteiger charge is -2.29. The maximum absolute atomic E-state index is 12.9.